The van der Waals surface area contributed by atoms with E-state index in [1.807, 2.05) is 0 Å². The summed E-state index contributed by atoms with van der Waals surface area (Å²) in [5.74, 6) is 0.708. The number of hydrogen-bond acceptors (Lipinski definition) is 7. The van der Waals surface area contributed by atoms with E-state index in [1.165, 1.54) is 18.2 Å². The molecule has 0 unspecified atom stereocenters. The van der Waals surface area contributed by atoms with Gasteiger partial charge in [0.05, 0.1) is 15.8 Å². The van der Waals surface area contributed by atoms with Crippen molar-refractivity contribution in [1.82, 2.24) is 9.97 Å². The van der Waals surface area contributed by atoms with Gasteiger partial charge < -0.3 is 16.2 Å². The first-order chi connectivity index (χ1) is 11.3. The Kier molecular flexibility index (Phi) is 3.96. The standard InChI is InChI=1S/C15H14N4O4S/c16-14-13-11(18-15(17)19-14)5-2-6-12(13)23-8-9-3-1-4-10(7-9)24(20,21)22/h1-7H,8H2,(H,20,21,22)(H4,16,17,18,19). The normalized spacial score (nSPS) is 11.5. The second-order valence-corrected chi connectivity index (χ2v) is 6.45. The number of nitrogens with two attached hydrogens (primary N) is 2. The second-order valence-electron chi connectivity index (χ2n) is 5.03. The number of ether oxygens (including phenoxy) is 1. The molecule has 24 heavy (non-hydrogen) atoms. The van der Waals surface area contributed by atoms with Crippen molar-refractivity contribution >= 4 is 32.8 Å². The number of anilines is 2. The zero-order chi connectivity index (χ0) is 17.3. The fourth-order valence-electron chi connectivity index (χ4n) is 2.27. The molecule has 0 amide bonds. The summed E-state index contributed by atoms with van der Waals surface area (Å²) in [5, 5.41) is 0.526. The van der Waals surface area contributed by atoms with E-state index in [-0.39, 0.29) is 23.3 Å². The van der Waals surface area contributed by atoms with Crippen LogP contribution >= 0.6 is 0 Å². The molecule has 0 saturated carbocycles. The molecule has 0 aliphatic heterocycles. The summed E-state index contributed by atoms with van der Waals surface area (Å²) in [6, 6.07) is 11.0. The first kappa shape index (κ1) is 16.0. The quantitative estimate of drug-likeness (QED) is 0.605. The third-order valence-electron chi connectivity index (χ3n) is 3.32. The van der Waals surface area contributed by atoms with Gasteiger partial charge in [-0.1, -0.05) is 18.2 Å². The van der Waals surface area contributed by atoms with Crippen LogP contribution in [0.25, 0.3) is 10.9 Å². The Labute approximate surface area is 137 Å². The Morgan fingerprint density at radius 3 is 2.58 bits per heavy atom. The number of benzene rings is 2. The van der Waals surface area contributed by atoms with Crippen molar-refractivity contribution in [2.75, 3.05) is 11.5 Å². The Morgan fingerprint density at radius 1 is 1.08 bits per heavy atom. The van der Waals surface area contributed by atoms with Gasteiger partial charge in [0.2, 0.25) is 5.95 Å². The third kappa shape index (κ3) is 3.21. The van der Waals surface area contributed by atoms with Gasteiger partial charge in [-0.05, 0) is 29.8 Å². The first-order valence-electron chi connectivity index (χ1n) is 6.85. The molecular weight excluding hydrogens is 332 g/mol. The molecule has 3 rings (SSSR count). The molecule has 5 N–H and O–H groups in total. The van der Waals surface area contributed by atoms with Gasteiger partial charge in [-0.3, -0.25) is 4.55 Å². The maximum atomic E-state index is 11.2. The minimum Gasteiger partial charge on any atom is -0.488 e. The van der Waals surface area contributed by atoms with Crippen molar-refractivity contribution < 1.29 is 17.7 Å². The largest absolute Gasteiger partial charge is 0.488 e. The van der Waals surface area contributed by atoms with E-state index in [0.29, 0.717) is 22.2 Å². The van der Waals surface area contributed by atoms with E-state index >= 15 is 0 Å². The fraction of sp³-hybridized carbons (Fsp3) is 0.0667. The Morgan fingerprint density at radius 2 is 1.83 bits per heavy atom. The van der Waals surface area contributed by atoms with Crippen molar-refractivity contribution in [1.29, 1.82) is 0 Å². The number of aromatic nitrogens is 2. The summed E-state index contributed by atoms with van der Waals surface area (Å²) in [6.07, 6.45) is 0. The monoisotopic (exact) mass is 346 g/mol. The zero-order valence-corrected chi connectivity index (χ0v) is 13.2. The van der Waals surface area contributed by atoms with Crippen molar-refractivity contribution in [2.24, 2.45) is 0 Å². The molecule has 3 aromatic rings. The number of rotatable bonds is 4. The number of nitrogens with zero attached hydrogens (tertiary/aromatic N) is 2. The average Bonchev–Trinajstić information content (AvgIpc) is 2.51. The summed E-state index contributed by atoms with van der Waals surface area (Å²) >= 11 is 0. The van der Waals surface area contributed by atoms with Crippen molar-refractivity contribution in [3.8, 4) is 5.75 Å². The zero-order valence-electron chi connectivity index (χ0n) is 12.4. The molecule has 9 heteroatoms. The lowest BCUT2D eigenvalue weighted by Gasteiger charge is -2.11. The molecule has 0 fully saturated rings. The van der Waals surface area contributed by atoms with Gasteiger partial charge in [0.1, 0.15) is 18.2 Å². The molecule has 1 aromatic heterocycles. The van der Waals surface area contributed by atoms with Crippen LogP contribution in [-0.2, 0) is 16.7 Å². The van der Waals surface area contributed by atoms with Gasteiger partial charge in [0, 0.05) is 0 Å². The van der Waals surface area contributed by atoms with Crippen molar-refractivity contribution in [3.05, 3.63) is 48.0 Å². The van der Waals surface area contributed by atoms with Crippen LogP contribution in [0.3, 0.4) is 0 Å². The van der Waals surface area contributed by atoms with E-state index < -0.39 is 10.1 Å². The maximum absolute atomic E-state index is 11.2. The fourth-order valence-corrected chi connectivity index (χ4v) is 2.83. The lowest BCUT2D eigenvalue weighted by atomic mass is 10.2. The van der Waals surface area contributed by atoms with Gasteiger partial charge in [-0.2, -0.15) is 13.4 Å². The number of nitrogen functional groups attached to an aromatic ring is 2. The molecule has 0 radical (unpaired) electrons. The predicted octanol–water partition coefficient (Wildman–Crippen LogP) is 1.62. The van der Waals surface area contributed by atoms with Crippen LogP contribution in [0.2, 0.25) is 0 Å². The molecular formula is C15H14N4O4S. The van der Waals surface area contributed by atoms with E-state index in [0.717, 1.165) is 0 Å². The van der Waals surface area contributed by atoms with Gasteiger partial charge in [-0.15, -0.1) is 0 Å². The minimum absolute atomic E-state index is 0.0676. The molecule has 8 nitrogen and oxygen atoms in total. The molecule has 0 aliphatic carbocycles. The molecule has 0 atom stereocenters. The van der Waals surface area contributed by atoms with Crippen molar-refractivity contribution in [3.63, 3.8) is 0 Å². The number of hydrogen-bond donors (Lipinski definition) is 3. The molecule has 2 aromatic carbocycles. The Bertz CT molecular complexity index is 1020. The van der Waals surface area contributed by atoms with Gasteiger partial charge in [0.15, 0.2) is 0 Å². The van der Waals surface area contributed by atoms with Gasteiger partial charge >= 0.3 is 0 Å². The maximum Gasteiger partial charge on any atom is 0.294 e. The topological polar surface area (TPSA) is 141 Å². The molecule has 0 saturated heterocycles. The summed E-state index contributed by atoms with van der Waals surface area (Å²) in [4.78, 5) is 7.81. The lowest BCUT2D eigenvalue weighted by molar-refractivity contribution is 0.309. The highest BCUT2D eigenvalue weighted by Crippen LogP contribution is 2.29. The summed E-state index contributed by atoms with van der Waals surface area (Å²) in [7, 11) is -4.26. The van der Waals surface area contributed by atoms with Crippen molar-refractivity contribution in [2.45, 2.75) is 11.5 Å². The van der Waals surface area contributed by atoms with E-state index in [4.69, 9.17) is 20.8 Å². The Balaban J connectivity index is 1.92. The van der Waals surface area contributed by atoms with Gasteiger partial charge in [-0.25, -0.2) is 4.98 Å². The van der Waals surface area contributed by atoms with Crippen LogP contribution in [-0.4, -0.2) is 22.9 Å². The molecule has 0 bridgehead atoms. The number of fused-ring (bicyclic) bond motifs is 1. The predicted molar refractivity (Wildman–Crippen MR) is 89.0 cm³/mol. The first-order valence-corrected chi connectivity index (χ1v) is 8.29. The third-order valence-corrected chi connectivity index (χ3v) is 4.17. The molecule has 0 aliphatic rings. The van der Waals surface area contributed by atoms with E-state index in [2.05, 4.69) is 9.97 Å². The van der Waals surface area contributed by atoms with Crippen LogP contribution in [0.15, 0.2) is 47.4 Å². The highest BCUT2D eigenvalue weighted by atomic mass is 32.2. The SMILES string of the molecule is Nc1nc(N)c2c(OCc3cccc(S(=O)(=O)O)c3)cccc2n1. The molecule has 0 spiro atoms. The van der Waals surface area contributed by atoms with E-state index in [9.17, 15) is 8.42 Å². The average molecular weight is 346 g/mol. The van der Waals surface area contributed by atoms with Crippen LogP contribution < -0.4 is 16.2 Å². The van der Waals surface area contributed by atoms with Crippen LogP contribution in [0.1, 0.15) is 5.56 Å². The molecule has 1 heterocycles. The highest BCUT2D eigenvalue weighted by Gasteiger charge is 2.12. The van der Waals surface area contributed by atoms with Gasteiger partial charge in [0.25, 0.3) is 10.1 Å². The highest BCUT2D eigenvalue weighted by molar-refractivity contribution is 7.85. The summed E-state index contributed by atoms with van der Waals surface area (Å²) in [5.41, 5.74) is 12.6. The summed E-state index contributed by atoms with van der Waals surface area (Å²) < 4.78 is 37.2. The minimum atomic E-state index is -4.26. The summed E-state index contributed by atoms with van der Waals surface area (Å²) in [6.45, 7) is 0.0757. The van der Waals surface area contributed by atoms with E-state index in [1.54, 1.807) is 24.3 Å². The lowest BCUT2D eigenvalue weighted by Crippen LogP contribution is -2.04. The van der Waals surface area contributed by atoms with Crippen LogP contribution in [0, 0.1) is 0 Å². The van der Waals surface area contributed by atoms with Crippen LogP contribution in [0.5, 0.6) is 5.75 Å². The second kappa shape index (κ2) is 5.95. The molecule has 124 valence electrons. The van der Waals surface area contributed by atoms with Crippen LogP contribution in [0.4, 0.5) is 11.8 Å². The smallest absolute Gasteiger partial charge is 0.294 e. The Hall–Kier alpha value is -2.91.